The van der Waals surface area contributed by atoms with Gasteiger partial charge in [0.15, 0.2) is 0 Å². The SMILES string of the molecule is CN1CCN(CC(NC(=O)c2cc(Br)ccc2Cl)c2ccccc2)CC1. The first-order valence-corrected chi connectivity index (χ1v) is 9.92. The first-order valence-electron chi connectivity index (χ1n) is 8.74. The fraction of sp³-hybridized carbons (Fsp3) is 0.350. The largest absolute Gasteiger partial charge is 0.344 e. The first kappa shape index (κ1) is 19.4. The lowest BCUT2D eigenvalue weighted by Gasteiger charge is -2.35. The van der Waals surface area contributed by atoms with E-state index in [0.717, 1.165) is 42.8 Å². The molecule has 1 amide bonds. The third-order valence-corrected chi connectivity index (χ3v) is 5.54. The molecule has 1 aliphatic heterocycles. The number of benzene rings is 2. The van der Waals surface area contributed by atoms with Gasteiger partial charge in [-0.05, 0) is 30.8 Å². The highest BCUT2D eigenvalue weighted by Crippen LogP contribution is 2.23. The Kier molecular flexibility index (Phi) is 6.70. The average Bonchev–Trinajstić information content (AvgIpc) is 2.65. The van der Waals surface area contributed by atoms with E-state index in [0.29, 0.717) is 10.6 Å². The van der Waals surface area contributed by atoms with E-state index in [1.165, 1.54) is 0 Å². The smallest absolute Gasteiger partial charge is 0.253 e. The molecule has 1 aliphatic rings. The highest BCUT2D eigenvalue weighted by Gasteiger charge is 2.22. The van der Waals surface area contributed by atoms with Gasteiger partial charge in [-0.3, -0.25) is 9.69 Å². The number of nitrogens with zero attached hydrogens (tertiary/aromatic N) is 2. The van der Waals surface area contributed by atoms with Crippen molar-refractivity contribution in [1.29, 1.82) is 0 Å². The number of hydrogen-bond acceptors (Lipinski definition) is 3. The summed E-state index contributed by atoms with van der Waals surface area (Å²) >= 11 is 9.64. The van der Waals surface area contributed by atoms with E-state index in [2.05, 4.69) is 50.2 Å². The molecule has 1 unspecified atom stereocenters. The summed E-state index contributed by atoms with van der Waals surface area (Å²) in [6.45, 7) is 4.90. The van der Waals surface area contributed by atoms with Gasteiger partial charge in [-0.2, -0.15) is 0 Å². The molecule has 138 valence electrons. The highest BCUT2D eigenvalue weighted by molar-refractivity contribution is 9.10. The van der Waals surface area contributed by atoms with E-state index < -0.39 is 0 Å². The molecule has 26 heavy (non-hydrogen) atoms. The van der Waals surface area contributed by atoms with E-state index in [4.69, 9.17) is 11.6 Å². The first-order chi connectivity index (χ1) is 12.5. The molecule has 6 heteroatoms. The minimum Gasteiger partial charge on any atom is -0.344 e. The summed E-state index contributed by atoms with van der Waals surface area (Å²) in [5.41, 5.74) is 1.59. The molecule has 0 aliphatic carbocycles. The summed E-state index contributed by atoms with van der Waals surface area (Å²) in [7, 11) is 2.14. The van der Waals surface area contributed by atoms with Crippen LogP contribution in [0.1, 0.15) is 22.0 Å². The number of rotatable bonds is 5. The van der Waals surface area contributed by atoms with Crippen LogP contribution in [0.3, 0.4) is 0 Å². The lowest BCUT2D eigenvalue weighted by Crippen LogP contribution is -2.47. The molecule has 0 radical (unpaired) electrons. The van der Waals surface area contributed by atoms with Crippen LogP contribution in [0.5, 0.6) is 0 Å². The molecule has 1 saturated heterocycles. The number of nitrogens with one attached hydrogen (secondary N) is 1. The Balaban J connectivity index is 1.77. The molecule has 0 bridgehead atoms. The van der Waals surface area contributed by atoms with Crippen LogP contribution in [0.2, 0.25) is 5.02 Å². The second kappa shape index (κ2) is 9.00. The van der Waals surface area contributed by atoms with Crippen LogP contribution in [-0.4, -0.2) is 55.5 Å². The number of carbonyl (C=O) groups excluding carboxylic acids is 1. The zero-order valence-corrected chi connectivity index (χ0v) is 17.1. The Morgan fingerprint density at radius 1 is 1.15 bits per heavy atom. The van der Waals surface area contributed by atoms with Crippen molar-refractivity contribution in [3.05, 3.63) is 69.2 Å². The van der Waals surface area contributed by atoms with E-state index in [1.54, 1.807) is 12.1 Å². The van der Waals surface area contributed by atoms with Crippen LogP contribution < -0.4 is 5.32 Å². The van der Waals surface area contributed by atoms with Crippen LogP contribution in [0.4, 0.5) is 0 Å². The van der Waals surface area contributed by atoms with Crippen molar-refractivity contribution in [1.82, 2.24) is 15.1 Å². The van der Waals surface area contributed by atoms with Gasteiger partial charge in [0, 0.05) is 37.2 Å². The van der Waals surface area contributed by atoms with Gasteiger partial charge >= 0.3 is 0 Å². The predicted molar refractivity (Wildman–Crippen MR) is 110 cm³/mol. The molecule has 0 saturated carbocycles. The van der Waals surface area contributed by atoms with E-state index in [9.17, 15) is 4.79 Å². The van der Waals surface area contributed by atoms with Gasteiger partial charge < -0.3 is 10.2 Å². The number of amides is 1. The average molecular weight is 437 g/mol. The number of hydrogen-bond donors (Lipinski definition) is 1. The summed E-state index contributed by atoms with van der Waals surface area (Å²) in [5, 5.41) is 3.63. The molecule has 0 spiro atoms. The highest BCUT2D eigenvalue weighted by atomic mass is 79.9. The van der Waals surface area contributed by atoms with Crippen LogP contribution in [0.15, 0.2) is 53.0 Å². The van der Waals surface area contributed by atoms with Gasteiger partial charge in [0.2, 0.25) is 0 Å². The third kappa shape index (κ3) is 5.07. The number of likely N-dealkylation sites (N-methyl/N-ethyl adjacent to an activating group) is 1. The molecule has 4 nitrogen and oxygen atoms in total. The summed E-state index contributed by atoms with van der Waals surface area (Å²) < 4.78 is 0.836. The Labute approximate surface area is 168 Å². The van der Waals surface area contributed by atoms with Crippen LogP contribution in [0, 0.1) is 0 Å². The monoisotopic (exact) mass is 435 g/mol. The molecule has 3 rings (SSSR count). The van der Waals surface area contributed by atoms with Gasteiger partial charge in [-0.25, -0.2) is 0 Å². The number of halogens is 2. The third-order valence-electron chi connectivity index (χ3n) is 4.72. The number of piperazine rings is 1. The Morgan fingerprint density at radius 3 is 2.54 bits per heavy atom. The zero-order valence-electron chi connectivity index (χ0n) is 14.8. The lowest BCUT2D eigenvalue weighted by atomic mass is 10.0. The molecule has 1 fully saturated rings. The molecule has 1 heterocycles. The quantitative estimate of drug-likeness (QED) is 0.774. The maximum atomic E-state index is 12.9. The molecular weight excluding hydrogens is 414 g/mol. The van der Waals surface area contributed by atoms with Crippen LogP contribution in [-0.2, 0) is 0 Å². The maximum absolute atomic E-state index is 12.9. The second-order valence-corrected chi connectivity index (χ2v) is 7.99. The van der Waals surface area contributed by atoms with Gasteiger partial charge in [0.25, 0.3) is 5.91 Å². The van der Waals surface area contributed by atoms with Gasteiger partial charge in [-0.15, -0.1) is 0 Å². The molecule has 1 atom stereocenters. The zero-order chi connectivity index (χ0) is 18.5. The molecule has 1 N–H and O–H groups in total. The van der Waals surface area contributed by atoms with Crippen molar-refractivity contribution >= 4 is 33.4 Å². The summed E-state index contributed by atoms with van der Waals surface area (Å²) in [6.07, 6.45) is 0. The van der Waals surface area contributed by atoms with Crippen molar-refractivity contribution in [2.45, 2.75) is 6.04 Å². The Morgan fingerprint density at radius 2 is 1.85 bits per heavy atom. The summed E-state index contributed by atoms with van der Waals surface area (Å²) in [4.78, 5) is 17.6. The Hall–Kier alpha value is -1.40. The van der Waals surface area contributed by atoms with Crippen molar-refractivity contribution < 1.29 is 4.79 Å². The van der Waals surface area contributed by atoms with Crippen molar-refractivity contribution in [2.24, 2.45) is 0 Å². The predicted octanol–water partition coefficient (Wildman–Crippen LogP) is 3.82. The Bertz CT molecular complexity index is 748. The topological polar surface area (TPSA) is 35.6 Å². The van der Waals surface area contributed by atoms with Gasteiger partial charge in [-0.1, -0.05) is 57.9 Å². The van der Waals surface area contributed by atoms with Gasteiger partial charge in [0.1, 0.15) is 0 Å². The normalized spacial score (nSPS) is 17.0. The van der Waals surface area contributed by atoms with Crippen molar-refractivity contribution in [2.75, 3.05) is 39.8 Å². The maximum Gasteiger partial charge on any atom is 0.253 e. The minimum absolute atomic E-state index is 0.0813. The summed E-state index contributed by atoms with van der Waals surface area (Å²) in [6, 6.07) is 15.4. The molecule has 2 aromatic rings. The fourth-order valence-electron chi connectivity index (χ4n) is 3.12. The standard InChI is InChI=1S/C20H23BrClN3O/c1-24-9-11-25(12-10-24)14-19(15-5-3-2-4-6-15)23-20(26)17-13-16(21)7-8-18(17)22/h2-8,13,19H,9-12,14H2,1H3,(H,23,26). The van der Waals surface area contributed by atoms with E-state index in [1.807, 2.05) is 24.3 Å². The second-order valence-electron chi connectivity index (χ2n) is 6.66. The van der Waals surface area contributed by atoms with Crippen LogP contribution >= 0.6 is 27.5 Å². The number of carbonyl (C=O) groups is 1. The molecule has 0 aromatic heterocycles. The molecular formula is C20H23BrClN3O. The van der Waals surface area contributed by atoms with Crippen LogP contribution in [0.25, 0.3) is 0 Å². The molecule has 2 aromatic carbocycles. The minimum atomic E-state index is -0.153. The fourth-order valence-corrected chi connectivity index (χ4v) is 3.68. The summed E-state index contributed by atoms with van der Waals surface area (Å²) in [5.74, 6) is -0.153. The van der Waals surface area contributed by atoms with Crippen molar-refractivity contribution in [3.63, 3.8) is 0 Å². The van der Waals surface area contributed by atoms with E-state index in [-0.39, 0.29) is 11.9 Å². The van der Waals surface area contributed by atoms with E-state index >= 15 is 0 Å². The van der Waals surface area contributed by atoms with Gasteiger partial charge in [0.05, 0.1) is 16.6 Å². The van der Waals surface area contributed by atoms with Crippen molar-refractivity contribution in [3.8, 4) is 0 Å². The lowest BCUT2D eigenvalue weighted by molar-refractivity contribution is 0.0907.